The summed E-state index contributed by atoms with van der Waals surface area (Å²) in [5.41, 5.74) is 3.53. The Morgan fingerprint density at radius 2 is 1.32 bits per heavy atom. The van der Waals surface area contributed by atoms with Gasteiger partial charge in [-0.2, -0.15) is 6.08 Å². The van der Waals surface area contributed by atoms with E-state index >= 15 is 0 Å². The molecule has 1 saturated carbocycles. The second-order valence-corrected chi connectivity index (χ2v) is 8.23. The molecule has 0 radical (unpaired) electrons. The van der Waals surface area contributed by atoms with Crippen molar-refractivity contribution in [3.63, 3.8) is 0 Å². The van der Waals surface area contributed by atoms with Crippen molar-refractivity contribution in [1.29, 1.82) is 0 Å². The molecule has 0 spiro atoms. The van der Waals surface area contributed by atoms with Crippen LogP contribution >= 0.6 is 9.24 Å². The summed E-state index contributed by atoms with van der Waals surface area (Å²) in [4.78, 5) is 0. The molecule has 1 unspecified atom stereocenters. The summed E-state index contributed by atoms with van der Waals surface area (Å²) in [5, 5.41) is 0. The van der Waals surface area contributed by atoms with Crippen molar-refractivity contribution in [2.24, 2.45) is 0 Å². The molecule has 0 N–H and O–H groups in total. The van der Waals surface area contributed by atoms with E-state index in [9.17, 15) is 0 Å². The van der Waals surface area contributed by atoms with Crippen LogP contribution in [0.2, 0.25) is 0 Å². The molecule has 0 bridgehead atoms. The molecular weight excluding hydrogens is 438 g/mol. The fourth-order valence-corrected chi connectivity index (χ4v) is 3.84. The zero-order valence-electron chi connectivity index (χ0n) is 16.2. The Morgan fingerprint density at radius 3 is 1.61 bits per heavy atom. The Hall–Kier alpha value is -0.486. The molecule has 0 nitrogen and oxygen atoms in total. The second-order valence-electron chi connectivity index (χ2n) is 6.51. The molecular formula is C24H28Cl2PTi-. The van der Waals surface area contributed by atoms with Crippen molar-refractivity contribution in [2.45, 2.75) is 44.2 Å². The number of rotatable bonds is 2. The standard InChI is InChI=1S/C13H10.C6H13P.C5H5.2ClH.Ti/c1-3-7-12(8-4-1)11-13-9-5-2-6-10-13;7-6-4-2-1-3-5-6;1-2-4-5-3-1;;;/h1-10H;6H,1-5,7H2;1-3H,4H2;2*1H;/q;;-1;;;+2/p-2. The maximum atomic E-state index is 2.99. The maximum absolute atomic E-state index is 2.99. The molecule has 0 aliphatic heterocycles. The van der Waals surface area contributed by atoms with Crippen LogP contribution in [0, 0.1) is 6.08 Å². The number of benzene rings is 2. The summed E-state index contributed by atoms with van der Waals surface area (Å²) in [6.45, 7) is 0. The van der Waals surface area contributed by atoms with Crippen LogP contribution < -0.4 is 24.8 Å². The van der Waals surface area contributed by atoms with Crippen molar-refractivity contribution in [1.82, 2.24) is 0 Å². The van der Waals surface area contributed by atoms with Gasteiger partial charge >= 0.3 is 95.6 Å². The quantitative estimate of drug-likeness (QED) is 0.340. The minimum absolute atomic E-state index is 0. The third kappa shape index (κ3) is 11.5. The molecule has 2 aromatic carbocycles. The normalized spacial score (nSPS) is 14.4. The summed E-state index contributed by atoms with van der Waals surface area (Å²) in [6, 6.07) is 20.9. The first-order valence-electron chi connectivity index (χ1n) is 9.44. The molecule has 4 heteroatoms. The SMILES string of the molecule is PC1CCCCC1.[C-]1=CC=CC1.[Cl-].[Cl-].[Ti+2]=[C](c1ccccc1)c1ccccc1. The van der Waals surface area contributed by atoms with Gasteiger partial charge in [-0.05, 0) is 18.5 Å². The van der Waals surface area contributed by atoms with Gasteiger partial charge in [-0.25, -0.2) is 12.2 Å². The van der Waals surface area contributed by atoms with Crippen LogP contribution in [0.5, 0.6) is 0 Å². The summed E-state index contributed by atoms with van der Waals surface area (Å²) in [7, 11) is 2.91. The third-order valence-corrected chi connectivity index (χ3v) is 5.93. The van der Waals surface area contributed by atoms with Crippen molar-refractivity contribution < 1.29 is 44.8 Å². The molecule has 0 amide bonds. The monoisotopic (exact) mass is 465 g/mol. The van der Waals surface area contributed by atoms with E-state index in [4.69, 9.17) is 0 Å². The van der Waals surface area contributed by atoms with E-state index in [1.807, 2.05) is 24.3 Å². The number of allylic oxidation sites excluding steroid dienone is 4. The molecule has 28 heavy (non-hydrogen) atoms. The molecule has 0 saturated heterocycles. The number of hydrogen-bond acceptors (Lipinski definition) is 0. The van der Waals surface area contributed by atoms with Crippen LogP contribution in [0.15, 0.2) is 78.9 Å². The Balaban J connectivity index is 0.000000438. The van der Waals surface area contributed by atoms with E-state index in [1.165, 1.54) is 47.0 Å². The van der Waals surface area contributed by atoms with E-state index in [0.717, 1.165) is 12.1 Å². The Labute approximate surface area is 197 Å². The van der Waals surface area contributed by atoms with Crippen molar-refractivity contribution in [3.8, 4) is 0 Å². The first-order chi connectivity index (χ1) is 12.8. The summed E-state index contributed by atoms with van der Waals surface area (Å²) >= 11 is 2.16. The van der Waals surface area contributed by atoms with Gasteiger partial charge in [-0.15, -0.1) is 15.7 Å². The van der Waals surface area contributed by atoms with Gasteiger partial charge in [0.1, 0.15) is 0 Å². The molecule has 148 valence electrons. The second kappa shape index (κ2) is 17.4. The van der Waals surface area contributed by atoms with Crippen LogP contribution in [-0.4, -0.2) is 9.47 Å². The molecule has 2 aliphatic carbocycles. The van der Waals surface area contributed by atoms with Gasteiger partial charge in [-0.3, -0.25) is 6.08 Å². The van der Waals surface area contributed by atoms with E-state index < -0.39 is 0 Å². The fraction of sp³-hybridized carbons (Fsp3) is 0.292. The molecule has 0 heterocycles. The zero-order valence-corrected chi connectivity index (χ0v) is 20.4. The van der Waals surface area contributed by atoms with Crippen molar-refractivity contribution in [2.75, 3.05) is 0 Å². The topological polar surface area (TPSA) is 0 Å². The van der Waals surface area contributed by atoms with Crippen molar-refractivity contribution >= 4 is 13.1 Å². The fourth-order valence-electron chi connectivity index (χ4n) is 2.85. The van der Waals surface area contributed by atoms with Crippen LogP contribution in [-0.2, 0) is 20.0 Å². The van der Waals surface area contributed by atoms with Gasteiger partial charge in [0.25, 0.3) is 0 Å². The van der Waals surface area contributed by atoms with Crippen LogP contribution in [0.1, 0.15) is 49.7 Å². The number of halogens is 2. The van der Waals surface area contributed by atoms with Gasteiger partial charge in [0.15, 0.2) is 0 Å². The first-order valence-corrected chi connectivity index (χ1v) is 10.9. The average molecular weight is 466 g/mol. The van der Waals surface area contributed by atoms with Gasteiger partial charge in [-0.1, -0.05) is 19.3 Å². The zero-order chi connectivity index (χ0) is 18.5. The predicted octanol–water partition coefficient (Wildman–Crippen LogP) is 0.310. The molecule has 2 aromatic rings. The minimum atomic E-state index is 0. The summed E-state index contributed by atoms with van der Waals surface area (Å²) < 4.78 is 1.33. The van der Waals surface area contributed by atoms with E-state index in [1.54, 1.807) is 0 Å². The van der Waals surface area contributed by atoms with E-state index in [-0.39, 0.29) is 24.8 Å². The van der Waals surface area contributed by atoms with Crippen LogP contribution in [0.3, 0.4) is 0 Å². The van der Waals surface area contributed by atoms with Gasteiger partial charge in [0, 0.05) is 0 Å². The van der Waals surface area contributed by atoms with Gasteiger partial charge in [0.2, 0.25) is 0 Å². The molecule has 2 aliphatic rings. The van der Waals surface area contributed by atoms with Crippen LogP contribution in [0.4, 0.5) is 0 Å². The molecule has 4 rings (SSSR count). The van der Waals surface area contributed by atoms with Gasteiger partial charge < -0.3 is 24.8 Å². The van der Waals surface area contributed by atoms with E-state index in [0.29, 0.717) is 0 Å². The predicted molar refractivity (Wildman–Crippen MR) is 114 cm³/mol. The Bertz CT molecular complexity index is 642. The average Bonchev–Trinajstić information content (AvgIpc) is 3.30. The van der Waals surface area contributed by atoms with Gasteiger partial charge in [0.05, 0.1) is 0 Å². The first kappa shape index (κ1) is 27.5. The van der Waals surface area contributed by atoms with Crippen molar-refractivity contribution in [3.05, 3.63) is 96.1 Å². The molecule has 1 fully saturated rings. The Kier molecular flexibility index (Phi) is 17.1. The molecule has 1 atom stereocenters. The van der Waals surface area contributed by atoms with Crippen LogP contribution in [0.25, 0.3) is 0 Å². The summed E-state index contributed by atoms with van der Waals surface area (Å²) in [5.74, 6) is 0. The molecule has 0 aromatic heterocycles. The summed E-state index contributed by atoms with van der Waals surface area (Å²) in [6.07, 6.45) is 17.3. The Morgan fingerprint density at radius 1 is 0.821 bits per heavy atom. The van der Waals surface area contributed by atoms with E-state index in [2.05, 4.69) is 89.9 Å². The third-order valence-electron chi connectivity index (χ3n) is 4.36. The number of hydrogen-bond donors (Lipinski definition) is 0.